The van der Waals surface area contributed by atoms with Gasteiger partial charge in [-0.15, -0.1) is 0 Å². The molecule has 5 atom stereocenters. The van der Waals surface area contributed by atoms with Gasteiger partial charge in [-0.1, -0.05) is 54.6 Å². The highest BCUT2D eigenvalue weighted by atomic mass is 31.2. The van der Waals surface area contributed by atoms with Crippen LogP contribution in [0, 0.1) is 11.3 Å². The van der Waals surface area contributed by atoms with Crippen molar-refractivity contribution in [3.05, 3.63) is 95.6 Å². The van der Waals surface area contributed by atoms with Crippen LogP contribution in [-0.4, -0.2) is 94.9 Å². The van der Waals surface area contributed by atoms with Crippen LogP contribution in [0.2, 0.25) is 0 Å². The van der Waals surface area contributed by atoms with E-state index in [1.165, 1.54) is 6.92 Å². The van der Waals surface area contributed by atoms with Crippen molar-refractivity contribution in [1.82, 2.24) is 4.67 Å². The Morgan fingerprint density at radius 1 is 0.873 bits per heavy atom. The first kappa shape index (κ1) is 43.9. The van der Waals surface area contributed by atoms with Crippen molar-refractivity contribution in [1.29, 1.82) is 5.26 Å². The number of rotatable bonds is 22. The van der Waals surface area contributed by atoms with Crippen LogP contribution in [0.3, 0.4) is 0 Å². The molecule has 0 N–H and O–H groups in total. The van der Waals surface area contributed by atoms with Crippen LogP contribution < -0.4 is 9.47 Å². The number of carbonyl (C=O) groups is 2. The van der Waals surface area contributed by atoms with Crippen LogP contribution in [0.25, 0.3) is 0 Å². The zero-order valence-corrected chi connectivity index (χ0v) is 34.0. The minimum atomic E-state index is -1.73. The molecule has 1 heterocycles. The van der Waals surface area contributed by atoms with E-state index >= 15 is 0 Å². The summed E-state index contributed by atoms with van der Waals surface area (Å²) in [6, 6.07) is 27.2. The van der Waals surface area contributed by atoms with Crippen LogP contribution in [0.5, 0.6) is 11.5 Å². The molecule has 0 aliphatic carbocycles. The normalized spacial score (nSPS) is 19.0. The van der Waals surface area contributed by atoms with Gasteiger partial charge in [-0.2, -0.15) is 5.26 Å². The van der Waals surface area contributed by atoms with Crippen LogP contribution in [0.15, 0.2) is 78.9 Å². The lowest BCUT2D eigenvalue weighted by Gasteiger charge is -2.39. The molecule has 296 valence electrons. The second kappa shape index (κ2) is 21.4. The lowest BCUT2D eigenvalue weighted by atomic mass is 9.80. The summed E-state index contributed by atoms with van der Waals surface area (Å²) in [6.07, 6.45) is -1.90. The van der Waals surface area contributed by atoms with Gasteiger partial charge in [0.05, 0.1) is 52.3 Å². The van der Waals surface area contributed by atoms with E-state index in [0.717, 1.165) is 16.7 Å². The molecule has 0 radical (unpaired) electrons. The lowest BCUT2D eigenvalue weighted by molar-refractivity contribution is -0.165. The summed E-state index contributed by atoms with van der Waals surface area (Å²) in [5.74, 6) is 0.757. The number of nitrogens with zero attached hydrogens (tertiary/aromatic N) is 2. The van der Waals surface area contributed by atoms with Crippen molar-refractivity contribution in [2.24, 2.45) is 0 Å². The number of ether oxygens (including phenoxy) is 6. The average molecular weight is 777 g/mol. The Hall–Kier alpha value is -3.86. The van der Waals surface area contributed by atoms with Crippen LogP contribution >= 0.6 is 8.53 Å². The maximum absolute atomic E-state index is 12.4. The van der Waals surface area contributed by atoms with Gasteiger partial charge in [0.15, 0.2) is 6.79 Å². The fraction of sp³-hybridized carbons (Fsp3) is 0.488. The van der Waals surface area contributed by atoms with Gasteiger partial charge in [-0.05, 0) is 75.6 Å². The van der Waals surface area contributed by atoms with E-state index in [4.69, 9.17) is 37.5 Å². The quantitative estimate of drug-likeness (QED) is 0.0284. The van der Waals surface area contributed by atoms with Crippen LogP contribution in [0.1, 0.15) is 70.6 Å². The second-order valence-electron chi connectivity index (χ2n) is 13.8. The Morgan fingerprint density at radius 2 is 1.44 bits per heavy atom. The number of nitriles is 1. The van der Waals surface area contributed by atoms with E-state index in [1.807, 2.05) is 86.7 Å². The Labute approximate surface area is 327 Å². The van der Waals surface area contributed by atoms with Gasteiger partial charge in [0, 0.05) is 18.5 Å². The van der Waals surface area contributed by atoms with Gasteiger partial charge < -0.3 is 42.3 Å². The fourth-order valence-corrected chi connectivity index (χ4v) is 8.38. The molecule has 3 aromatic rings. The number of Topliss-reactive ketones (excluding diaryl/α,β-unsaturated/α-hetero) is 1. The molecule has 14 heteroatoms. The van der Waals surface area contributed by atoms with E-state index < -0.39 is 44.4 Å². The van der Waals surface area contributed by atoms with Crippen molar-refractivity contribution in [3.8, 4) is 17.6 Å². The zero-order chi connectivity index (χ0) is 40.0. The Bertz CT molecular complexity index is 1620. The summed E-state index contributed by atoms with van der Waals surface area (Å²) in [7, 11) is 3.40. The third kappa shape index (κ3) is 11.6. The standard InChI is InChI=1S/C41H54BN2O10P/c1-28(2)44(29(3)4)55(52-25-11-24-43)54-38-36(53-40(42)39(38)50-27-49-37(46)23-14-30(5)45)26-51-41(31-12-9-8-10-13-31,32-15-19-34(47-6)20-16-32)33-17-21-35(48-7)22-18-33/h8-10,12-13,15-22,28-29,36,38-40H,11,14,23,25-27,42H2,1-7H3/t36-,38?,39+,40-,55?/m1/s1. The van der Waals surface area contributed by atoms with Crippen molar-refractivity contribution < 1.29 is 47.1 Å². The molecule has 0 bridgehead atoms. The summed E-state index contributed by atoms with van der Waals surface area (Å²) in [5.41, 5.74) is 1.46. The SMILES string of the molecule is B[C@@H]1O[C@H](COC(c2ccccc2)(c2ccc(OC)cc2)c2ccc(OC)cc2)C(OP(OCCC#N)N(C(C)C)C(C)C)[C@@H]1OCOC(=O)CCC(C)=O. The molecule has 1 saturated heterocycles. The monoisotopic (exact) mass is 776 g/mol. The third-order valence-corrected chi connectivity index (χ3v) is 11.3. The number of ketones is 1. The van der Waals surface area contributed by atoms with Gasteiger partial charge >= 0.3 is 5.97 Å². The first-order valence-corrected chi connectivity index (χ1v) is 19.7. The fourth-order valence-electron chi connectivity index (χ4n) is 6.61. The molecule has 4 rings (SSSR count). The largest absolute Gasteiger partial charge is 0.497 e. The molecule has 1 fully saturated rings. The van der Waals surface area contributed by atoms with Gasteiger partial charge in [-0.25, -0.2) is 4.67 Å². The molecule has 1 aliphatic rings. The predicted octanol–water partition coefficient (Wildman–Crippen LogP) is 6.29. The predicted molar refractivity (Wildman–Crippen MR) is 211 cm³/mol. The number of hydrogen-bond donors (Lipinski definition) is 0. The Balaban J connectivity index is 1.76. The van der Waals surface area contributed by atoms with Crippen LogP contribution in [-0.2, 0) is 43.2 Å². The third-order valence-electron chi connectivity index (χ3n) is 9.22. The van der Waals surface area contributed by atoms with Crippen molar-refractivity contribution in [2.45, 2.75) is 95.9 Å². The summed E-state index contributed by atoms with van der Waals surface area (Å²) in [5, 5.41) is 9.33. The Morgan fingerprint density at radius 3 is 1.95 bits per heavy atom. The summed E-state index contributed by atoms with van der Waals surface area (Å²) in [4.78, 5) is 23.8. The molecule has 3 aromatic carbocycles. The molecule has 0 spiro atoms. The summed E-state index contributed by atoms with van der Waals surface area (Å²) in [6.45, 7) is 9.54. The molecule has 12 nitrogen and oxygen atoms in total. The Kier molecular flexibility index (Phi) is 17.1. The molecule has 0 saturated carbocycles. The zero-order valence-electron chi connectivity index (χ0n) is 33.1. The molecular formula is C41H54BN2O10P. The van der Waals surface area contributed by atoms with E-state index in [-0.39, 0.29) is 57.1 Å². The summed E-state index contributed by atoms with van der Waals surface area (Å²) < 4.78 is 51.8. The highest BCUT2D eigenvalue weighted by Crippen LogP contribution is 2.50. The highest BCUT2D eigenvalue weighted by Gasteiger charge is 2.49. The first-order chi connectivity index (χ1) is 26.4. The van der Waals surface area contributed by atoms with E-state index in [0.29, 0.717) is 11.5 Å². The van der Waals surface area contributed by atoms with Crippen molar-refractivity contribution in [2.75, 3.05) is 34.2 Å². The van der Waals surface area contributed by atoms with E-state index in [1.54, 1.807) is 14.2 Å². The van der Waals surface area contributed by atoms with Gasteiger partial charge in [0.25, 0.3) is 8.53 Å². The maximum atomic E-state index is 12.4. The first-order valence-electron chi connectivity index (χ1n) is 18.6. The highest BCUT2D eigenvalue weighted by molar-refractivity contribution is 7.44. The van der Waals surface area contributed by atoms with Gasteiger partial charge in [0.1, 0.15) is 49.0 Å². The minimum absolute atomic E-state index is 0.0418. The molecule has 55 heavy (non-hydrogen) atoms. The number of hydrogen-bond acceptors (Lipinski definition) is 12. The summed E-state index contributed by atoms with van der Waals surface area (Å²) >= 11 is 0. The lowest BCUT2D eigenvalue weighted by Crippen LogP contribution is -2.43. The molecule has 0 amide bonds. The van der Waals surface area contributed by atoms with E-state index in [9.17, 15) is 14.9 Å². The van der Waals surface area contributed by atoms with Crippen molar-refractivity contribution >= 4 is 28.1 Å². The molecular weight excluding hydrogens is 722 g/mol. The number of methoxy groups -OCH3 is 2. The second-order valence-corrected chi connectivity index (χ2v) is 15.2. The minimum Gasteiger partial charge on any atom is -0.497 e. The number of esters is 1. The maximum Gasteiger partial charge on any atom is 0.308 e. The topological polar surface area (TPSA) is 135 Å². The van der Waals surface area contributed by atoms with Crippen LogP contribution in [0.4, 0.5) is 0 Å². The van der Waals surface area contributed by atoms with E-state index in [2.05, 4.69) is 38.4 Å². The molecule has 2 unspecified atom stereocenters. The number of benzene rings is 3. The molecule has 0 aromatic heterocycles. The van der Waals surface area contributed by atoms with Crippen molar-refractivity contribution in [3.63, 3.8) is 0 Å². The van der Waals surface area contributed by atoms with Gasteiger partial charge in [0.2, 0.25) is 0 Å². The smallest absolute Gasteiger partial charge is 0.308 e. The number of carbonyl (C=O) groups excluding carboxylic acids is 2. The average Bonchev–Trinajstić information content (AvgIpc) is 3.47. The van der Waals surface area contributed by atoms with Gasteiger partial charge in [-0.3, -0.25) is 4.79 Å². The molecule has 1 aliphatic heterocycles.